The van der Waals surface area contributed by atoms with Crippen LogP contribution in [0.25, 0.3) is 0 Å². The van der Waals surface area contributed by atoms with E-state index in [9.17, 15) is 4.79 Å². The third-order valence-corrected chi connectivity index (χ3v) is 4.31. The molecule has 96 valence electrons. The smallest absolute Gasteiger partial charge is 0.271 e. The summed E-state index contributed by atoms with van der Waals surface area (Å²) in [7, 11) is 0. The Labute approximate surface area is 113 Å². The quantitative estimate of drug-likeness (QED) is 0.892. The lowest BCUT2D eigenvalue weighted by Crippen LogP contribution is -2.23. The van der Waals surface area contributed by atoms with Crippen molar-refractivity contribution in [1.82, 2.24) is 15.3 Å². The summed E-state index contributed by atoms with van der Waals surface area (Å²) in [5.74, 6) is -0.170. The molecule has 0 saturated carbocycles. The first kappa shape index (κ1) is 13.1. The van der Waals surface area contributed by atoms with E-state index in [1.165, 1.54) is 11.3 Å². The van der Waals surface area contributed by atoms with E-state index in [1.807, 2.05) is 13.8 Å². The van der Waals surface area contributed by atoms with Gasteiger partial charge in [-0.25, -0.2) is 9.97 Å². The van der Waals surface area contributed by atoms with Crippen molar-refractivity contribution in [3.05, 3.63) is 31.7 Å². The largest absolute Gasteiger partial charge is 0.346 e. The van der Waals surface area contributed by atoms with Crippen LogP contribution in [0.1, 0.15) is 31.1 Å². The Bertz CT molecular complexity index is 561. The van der Waals surface area contributed by atoms with Gasteiger partial charge in [0.1, 0.15) is 10.7 Å². The molecule has 3 N–H and O–H groups in total. The lowest BCUT2D eigenvalue weighted by molar-refractivity contribution is 0.0947. The van der Waals surface area contributed by atoms with Crippen LogP contribution in [0.4, 0.5) is 0 Å². The van der Waals surface area contributed by atoms with Gasteiger partial charge in [0.05, 0.1) is 17.2 Å². The van der Waals surface area contributed by atoms with Crippen molar-refractivity contribution in [3.8, 4) is 0 Å². The molecule has 0 saturated heterocycles. The van der Waals surface area contributed by atoms with Gasteiger partial charge in [0.25, 0.3) is 5.91 Å². The van der Waals surface area contributed by atoms with Crippen molar-refractivity contribution < 1.29 is 4.79 Å². The zero-order chi connectivity index (χ0) is 13.1. The van der Waals surface area contributed by atoms with Crippen LogP contribution in [-0.2, 0) is 13.1 Å². The second kappa shape index (κ2) is 5.55. The van der Waals surface area contributed by atoms with E-state index in [4.69, 9.17) is 5.73 Å². The summed E-state index contributed by atoms with van der Waals surface area (Å²) in [6.45, 7) is 4.76. The molecule has 0 spiro atoms. The molecule has 0 aliphatic carbocycles. The maximum atomic E-state index is 11.8. The van der Waals surface area contributed by atoms with Crippen LogP contribution in [0.2, 0.25) is 0 Å². The number of thiazole rings is 2. The first-order valence-electron chi connectivity index (χ1n) is 5.45. The maximum Gasteiger partial charge on any atom is 0.271 e. The van der Waals surface area contributed by atoms with E-state index in [1.54, 1.807) is 16.7 Å². The Kier molecular flexibility index (Phi) is 4.05. The summed E-state index contributed by atoms with van der Waals surface area (Å²) in [5, 5.41) is 6.34. The highest BCUT2D eigenvalue weighted by atomic mass is 32.1. The van der Waals surface area contributed by atoms with Gasteiger partial charge in [0, 0.05) is 16.8 Å². The van der Waals surface area contributed by atoms with Crippen LogP contribution in [-0.4, -0.2) is 15.9 Å². The van der Waals surface area contributed by atoms with Gasteiger partial charge in [-0.05, 0) is 13.8 Å². The van der Waals surface area contributed by atoms with Crippen LogP contribution in [0.3, 0.4) is 0 Å². The van der Waals surface area contributed by atoms with E-state index in [2.05, 4.69) is 15.3 Å². The first-order chi connectivity index (χ1) is 8.60. The first-order valence-corrected chi connectivity index (χ1v) is 7.15. The van der Waals surface area contributed by atoms with Crippen LogP contribution < -0.4 is 11.1 Å². The second-order valence-electron chi connectivity index (χ2n) is 3.75. The molecule has 2 aromatic rings. The van der Waals surface area contributed by atoms with Gasteiger partial charge in [0.15, 0.2) is 0 Å². The SMILES string of the molecule is Cc1nc(C)c(CNC(=O)c2csc(CN)n2)s1. The third-order valence-electron chi connectivity index (χ3n) is 2.37. The highest BCUT2D eigenvalue weighted by Gasteiger charge is 2.11. The maximum absolute atomic E-state index is 11.8. The molecule has 2 heterocycles. The van der Waals surface area contributed by atoms with E-state index in [0.29, 0.717) is 18.8 Å². The van der Waals surface area contributed by atoms with Crippen molar-refractivity contribution in [2.75, 3.05) is 0 Å². The van der Waals surface area contributed by atoms with Gasteiger partial charge in [-0.3, -0.25) is 4.79 Å². The number of aryl methyl sites for hydroxylation is 2. The topological polar surface area (TPSA) is 80.9 Å². The van der Waals surface area contributed by atoms with Crippen LogP contribution >= 0.6 is 22.7 Å². The Morgan fingerprint density at radius 3 is 2.78 bits per heavy atom. The number of rotatable bonds is 4. The Morgan fingerprint density at radius 2 is 2.22 bits per heavy atom. The number of nitrogens with zero attached hydrogens (tertiary/aromatic N) is 2. The molecule has 7 heteroatoms. The molecule has 0 bridgehead atoms. The molecule has 2 rings (SSSR count). The minimum Gasteiger partial charge on any atom is -0.346 e. The Morgan fingerprint density at radius 1 is 1.44 bits per heavy atom. The molecule has 0 aromatic carbocycles. The highest BCUT2D eigenvalue weighted by Crippen LogP contribution is 2.17. The summed E-state index contributed by atoms with van der Waals surface area (Å²) in [6.07, 6.45) is 0. The third kappa shape index (κ3) is 2.92. The molecule has 2 aromatic heterocycles. The van der Waals surface area contributed by atoms with Crippen molar-refractivity contribution in [1.29, 1.82) is 0 Å². The number of hydrogen-bond donors (Lipinski definition) is 2. The van der Waals surface area contributed by atoms with Gasteiger partial charge >= 0.3 is 0 Å². The standard InChI is InChI=1S/C11H14N4OS2/c1-6-9(18-7(2)14-6)4-13-11(16)8-5-17-10(3-12)15-8/h5H,3-4,12H2,1-2H3,(H,13,16). The predicted molar refractivity (Wildman–Crippen MR) is 72.8 cm³/mol. The summed E-state index contributed by atoms with van der Waals surface area (Å²) < 4.78 is 0. The molecule has 0 aliphatic rings. The molecule has 5 nitrogen and oxygen atoms in total. The molecule has 18 heavy (non-hydrogen) atoms. The van der Waals surface area contributed by atoms with Crippen molar-refractivity contribution in [2.45, 2.75) is 26.9 Å². The van der Waals surface area contributed by atoms with Gasteiger partial charge in [-0.15, -0.1) is 22.7 Å². The number of carbonyl (C=O) groups excluding carboxylic acids is 1. The molecule has 0 radical (unpaired) electrons. The summed E-state index contributed by atoms with van der Waals surface area (Å²) in [4.78, 5) is 21.4. The minimum atomic E-state index is -0.170. The fraction of sp³-hybridized carbons (Fsp3) is 0.364. The van der Waals surface area contributed by atoms with Crippen molar-refractivity contribution >= 4 is 28.6 Å². The lowest BCUT2D eigenvalue weighted by atomic mass is 10.3. The minimum absolute atomic E-state index is 0.170. The molecule has 0 aliphatic heterocycles. The Hall–Kier alpha value is -1.31. The van der Waals surface area contributed by atoms with Gasteiger partial charge in [-0.1, -0.05) is 0 Å². The van der Waals surface area contributed by atoms with Crippen LogP contribution in [0.5, 0.6) is 0 Å². The summed E-state index contributed by atoms with van der Waals surface area (Å²) in [6, 6.07) is 0. The number of hydrogen-bond acceptors (Lipinski definition) is 6. The molecule has 1 amide bonds. The normalized spacial score (nSPS) is 10.6. The van der Waals surface area contributed by atoms with Crippen molar-refractivity contribution in [2.24, 2.45) is 5.73 Å². The fourth-order valence-corrected chi connectivity index (χ4v) is 3.03. The molecular weight excluding hydrogens is 268 g/mol. The van der Waals surface area contributed by atoms with Crippen LogP contribution in [0, 0.1) is 13.8 Å². The number of aromatic nitrogens is 2. The lowest BCUT2D eigenvalue weighted by Gasteiger charge is -2.01. The monoisotopic (exact) mass is 282 g/mol. The number of carbonyl (C=O) groups is 1. The average molecular weight is 282 g/mol. The summed E-state index contributed by atoms with van der Waals surface area (Å²) in [5.41, 5.74) is 6.86. The van der Waals surface area contributed by atoms with Crippen molar-refractivity contribution in [3.63, 3.8) is 0 Å². The van der Waals surface area contributed by atoms with Gasteiger partial charge < -0.3 is 11.1 Å². The predicted octanol–water partition coefficient (Wildman–Crippen LogP) is 1.61. The van der Waals surface area contributed by atoms with E-state index < -0.39 is 0 Å². The van der Waals surface area contributed by atoms with Gasteiger partial charge in [0.2, 0.25) is 0 Å². The number of amides is 1. The number of nitrogens with two attached hydrogens (primary N) is 1. The fourth-order valence-electron chi connectivity index (χ4n) is 1.50. The zero-order valence-electron chi connectivity index (χ0n) is 10.2. The molecular formula is C11H14N4OS2. The zero-order valence-corrected chi connectivity index (χ0v) is 11.8. The average Bonchev–Trinajstić information content (AvgIpc) is 2.93. The number of nitrogens with one attached hydrogen (secondary N) is 1. The molecule has 0 atom stereocenters. The summed E-state index contributed by atoms with van der Waals surface area (Å²) >= 11 is 3.00. The molecule has 0 fully saturated rings. The van der Waals surface area contributed by atoms with E-state index in [0.717, 1.165) is 20.6 Å². The van der Waals surface area contributed by atoms with Gasteiger partial charge in [-0.2, -0.15) is 0 Å². The second-order valence-corrected chi connectivity index (χ2v) is 5.99. The van der Waals surface area contributed by atoms with Crippen LogP contribution in [0.15, 0.2) is 5.38 Å². The van der Waals surface area contributed by atoms with E-state index in [-0.39, 0.29) is 5.91 Å². The molecule has 0 unspecified atom stereocenters. The Balaban J connectivity index is 1.98. The van der Waals surface area contributed by atoms with E-state index >= 15 is 0 Å². The highest BCUT2D eigenvalue weighted by molar-refractivity contribution is 7.11.